The minimum atomic E-state index is -3.13. The van der Waals surface area contributed by atoms with E-state index in [9.17, 15) is 8.42 Å². The summed E-state index contributed by atoms with van der Waals surface area (Å²) in [6.07, 6.45) is 4.75. The average molecular weight is 333 g/mol. The number of rotatable bonds is 5. The molecule has 3 rings (SSSR count). The minimum Gasteiger partial charge on any atom is -0.369 e. The van der Waals surface area contributed by atoms with Crippen LogP contribution in [0.25, 0.3) is 10.9 Å². The monoisotopic (exact) mass is 333 g/mol. The first kappa shape index (κ1) is 16.2. The number of nitrogens with one attached hydrogen (secondary N) is 1. The number of benzene rings is 1. The summed E-state index contributed by atoms with van der Waals surface area (Å²) in [5.74, 6) is 0.801. The lowest BCUT2D eigenvalue weighted by Crippen LogP contribution is -2.30. The summed E-state index contributed by atoms with van der Waals surface area (Å²) in [6, 6.07) is 6.52. The molecule has 6 heteroatoms. The van der Waals surface area contributed by atoms with E-state index in [1.165, 1.54) is 45.5 Å². The van der Waals surface area contributed by atoms with E-state index in [2.05, 4.69) is 24.4 Å². The fourth-order valence-electron chi connectivity index (χ4n) is 3.06. The molecule has 2 aromatic rings. The molecule has 0 unspecified atom stereocenters. The number of sulfonamides is 1. The summed E-state index contributed by atoms with van der Waals surface area (Å²) in [5.41, 5.74) is 5.09. The van der Waals surface area contributed by atoms with E-state index in [4.69, 9.17) is 4.98 Å². The van der Waals surface area contributed by atoms with Gasteiger partial charge in [0.2, 0.25) is 10.0 Å². The number of anilines is 1. The van der Waals surface area contributed by atoms with Gasteiger partial charge in [-0.15, -0.1) is 0 Å². The molecule has 1 aliphatic rings. The summed E-state index contributed by atoms with van der Waals surface area (Å²) in [7, 11) is -1.55. The van der Waals surface area contributed by atoms with Gasteiger partial charge in [-0.25, -0.2) is 17.7 Å². The Kier molecular flexibility index (Phi) is 4.29. The second-order valence-electron chi connectivity index (χ2n) is 6.33. The quantitative estimate of drug-likeness (QED) is 0.912. The van der Waals surface area contributed by atoms with Gasteiger partial charge in [0.05, 0.1) is 11.8 Å². The van der Waals surface area contributed by atoms with Crippen molar-refractivity contribution in [3.05, 3.63) is 34.9 Å². The Hall–Kier alpha value is -1.66. The van der Waals surface area contributed by atoms with Crippen molar-refractivity contribution in [1.29, 1.82) is 0 Å². The predicted octanol–water partition coefficient (Wildman–Crippen LogP) is 2.34. The Labute approximate surface area is 137 Å². The van der Waals surface area contributed by atoms with Crippen LogP contribution in [0.5, 0.6) is 0 Å². The second-order valence-corrected chi connectivity index (χ2v) is 8.42. The molecule has 0 amide bonds. The van der Waals surface area contributed by atoms with Gasteiger partial charge in [-0.3, -0.25) is 0 Å². The lowest BCUT2D eigenvalue weighted by molar-refractivity contribution is 0.486. The summed E-state index contributed by atoms with van der Waals surface area (Å²) in [4.78, 5) is 4.69. The highest BCUT2D eigenvalue weighted by Crippen LogP contribution is 2.29. The van der Waals surface area contributed by atoms with Gasteiger partial charge in [0.15, 0.2) is 0 Å². The normalized spacial score (nSPS) is 14.4. The minimum absolute atomic E-state index is 0.418. The van der Waals surface area contributed by atoms with Gasteiger partial charge in [-0.05, 0) is 61.1 Å². The highest BCUT2D eigenvalue weighted by molar-refractivity contribution is 7.88. The maximum absolute atomic E-state index is 11.4. The van der Waals surface area contributed by atoms with Crippen molar-refractivity contribution in [1.82, 2.24) is 9.29 Å². The topological polar surface area (TPSA) is 62.3 Å². The summed E-state index contributed by atoms with van der Waals surface area (Å²) in [6.45, 7) is 3.05. The highest BCUT2D eigenvalue weighted by atomic mass is 32.2. The van der Waals surface area contributed by atoms with Crippen molar-refractivity contribution >= 4 is 26.7 Å². The van der Waals surface area contributed by atoms with Gasteiger partial charge in [-0.2, -0.15) is 0 Å². The van der Waals surface area contributed by atoms with E-state index in [0.717, 1.165) is 17.8 Å². The van der Waals surface area contributed by atoms with E-state index in [-0.39, 0.29) is 0 Å². The maximum atomic E-state index is 11.4. The molecular weight excluding hydrogens is 310 g/mol. The molecule has 1 aliphatic carbocycles. The third kappa shape index (κ3) is 3.48. The summed E-state index contributed by atoms with van der Waals surface area (Å²) < 4.78 is 24.1. The zero-order valence-corrected chi connectivity index (χ0v) is 14.7. The van der Waals surface area contributed by atoms with Gasteiger partial charge < -0.3 is 5.32 Å². The molecule has 1 aromatic carbocycles. The lowest BCUT2D eigenvalue weighted by Gasteiger charge is -2.15. The molecule has 23 heavy (non-hydrogen) atoms. The first-order chi connectivity index (χ1) is 10.8. The molecule has 0 saturated carbocycles. The predicted molar refractivity (Wildman–Crippen MR) is 94.5 cm³/mol. The molecule has 0 radical (unpaired) electrons. The Morgan fingerprint density at radius 2 is 1.91 bits per heavy atom. The molecule has 0 aliphatic heterocycles. The van der Waals surface area contributed by atoms with E-state index < -0.39 is 10.0 Å². The molecule has 0 fully saturated rings. The average Bonchev–Trinajstić information content (AvgIpc) is 2.91. The van der Waals surface area contributed by atoms with Gasteiger partial charge in [0, 0.05) is 25.5 Å². The van der Waals surface area contributed by atoms with E-state index in [0.29, 0.717) is 13.1 Å². The molecule has 1 aromatic heterocycles. The van der Waals surface area contributed by atoms with Gasteiger partial charge in [-0.1, -0.05) is 0 Å². The fraction of sp³-hybridized carbons (Fsp3) is 0.471. The fourth-order valence-corrected chi connectivity index (χ4v) is 3.49. The SMILES string of the molecule is Cc1cc(NCCN(C)S(C)(=O)=O)nc2cc3c(cc12)CCC3. The van der Waals surface area contributed by atoms with Crippen molar-refractivity contribution in [2.45, 2.75) is 26.2 Å². The number of pyridine rings is 1. The van der Waals surface area contributed by atoms with Crippen LogP contribution < -0.4 is 5.32 Å². The largest absolute Gasteiger partial charge is 0.369 e. The standard InChI is InChI=1S/C17H23N3O2S/c1-12-9-17(18-7-8-20(2)23(3,21)22)19-16-11-14-6-4-5-13(14)10-15(12)16/h9-11H,4-8H2,1-3H3,(H,18,19). The maximum Gasteiger partial charge on any atom is 0.211 e. The van der Waals surface area contributed by atoms with Crippen LogP contribution in [0.3, 0.4) is 0 Å². The molecule has 0 bridgehead atoms. The smallest absolute Gasteiger partial charge is 0.211 e. The Morgan fingerprint density at radius 1 is 1.22 bits per heavy atom. The summed E-state index contributed by atoms with van der Waals surface area (Å²) >= 11 is 0. The van der Waals surface area contributed by atoms with Crippen LogP contribution in [-0.4, -0.2) is 44.1 Å². The first-order valence-electron chi connectivity index (χ1n) is 7.93. The van der Waals surface area contributed by atoms with Crippen LogP contribution in [0.15, 0.2) is 18.2 Å². The molecule has 124 valence electrons. The van der Waals surface area contributed by atoms with Gasteiger partial charge in [0.25, 0.3) is 0 Å². The lowest BCUT2D eigenvalue weighted by atomic mass is 10.0. The molecular formula is C17H23N3O2S. The molecule has 1 N–H and O–H groups in total. The van der Waals surface area contributed by atoms with E-state index >= 15 is 0 Å². The third-order valence-corrected chi connectivity index (χ3v) is 5.84. The Morgan fingerprint density at radius 3 is 2.61 bits per heavy atom. The van der Waals surface area contributed by atoms with Gasteiger partial charge in [0.1, 0.15) is 5.82 Å². The molecule has 0 atom stereocenters. The Bertz CT molecular complexity index is 847. The molecule has 5 nitrogen and oxygen atoms in total. The number of hydrogen-bond acceptors (Lipinski definition) is 4. The van der Waals surface area contributed by atoms with Crippen molar-refractivity contribution < 1.29 is 8.42 Å². The van der Waals surface area contributed by atoms with Crippen LogP contribution in [0.1, 0.15) is 23.1 Å². The molecule has 0 spiro atoms. The van der Waals surface area contributed by atoms with Crippen LogP contribution in [-0.2, 0) is 22.9 Å². The number of aryl methyl sites for hydroxylation is 3. The number of nitrogens with zero attached hydrogens (tertiary/aromatic N) is 2. The number of hydrogen-bond donors (Lipinski definition) is 1. The highest BCUT2D eigenvalue weighted by Gasteiger charge is 2.14. The van der Waals surface area contributed by atoms with Crippen LogP contribution in [0, 0.1) is 6.92 Å². The van der Waals surface area contributed by atoms with Crippen molar-refractivity contribution in [3.63, 3.8) is 0 Å². The Balaban J connectivity index is 1.78. The molecule has 1 heterocycles. The van der Waals surface area contributed by atoms with E-state index in [1.54, 1.807) is 7.05 Å². The zero-order valence-electron chi connectivity index (χ0n) is 13.9. The van der Waals surface area contributed by atoms with Gasteiger partial charge >= 0.3 is 0 Å². The second kappa shape index (κ2) is 6.09. The van der Waals surface area contributed by atoms with Crippen LogP contribution in [0.2, 0.25) is 0 Å². The zero-order chi connectivity index (χ0) is 16.6. The van der Waals surface area contributed by atoms with Crippen molar-refractivity contribution in [2.75, 3.05) is 31.7 Å². The first-order valence-corrected chi connectivity index (χ1v) is 9.78. The van der Waals surface area contributed by atoms with Crippen LogP contribution in [0.4, 0.5) is 5.82 Å². The van der Waals surface area contributed by atoms with E-state index in [1.807, 2.05) is 6.07 Å². The number of fused-ring (bicyclic) bond motifs is 2. The number of likely N-dealkylation sites (N-methyl/N-ethyl adjacent to an activating group) is 1. The summed E-state index contributed by atoms with van der Waals surface area (Å²) in [5, 5.41) is 4.44. The van der Waals surface area contributed by atoms with Crippen LogP contribution >= 0.6 is 0 Å². The number of aromatic nitrogens is 1. The third-order valence-electron chi connectivity index (χ3n) is 4.53. The van der Waals surface area contributed by atoms with Crippen molar-refractivity contribution in [3.8, 4) is 0 Å². The van der Waals surface area contributed by atoms with Crippen molar-refractivity contribution in [2.24, 2.45) is 0 Å². The molecule has 0 saturated heterocycles.